The van der Waals surface area contributed by atoms with Gasteiger partial charge in [-0.05, 0) is 29.7 Å². The summed E-state index contributed by atoms with van der Waals surface area (Å²) in [5.74, 6) is 0.916. The first-order valence-corrected chi connectivity index (χ1v) is 9.52. The molecule has 1 heterocycles. The van der Waals surface area contributed by atoms with Gasteiger partial charge in [0.2, 0.25) is 5.91 Å². The minimum atomic E-state index is 0.0833. The highest BCUT2D eigenvalue weighted by molar-refractivity contribution is 5.76. The third kappa shape index (κ3) is 5.81. The number of carbonyl (C=O) groups excluding carboxylic acids is 1. The zero-order chi connectivity index (χ0) is 18.9. The molecule has 0 aliphatic carbocycles. The number of nitrogens with one attached hydrogen (secondary N) is 1. The molecule has 1 amide bonds. The fourth-order valence-electron chi connectivity index (χ4n) is 3.37. The van der Waals surface area contributed by atoms with E-state index in [0.29, 0.717) is 13.0 Å². The average Bonchev–Trinajstić information content (AvgIpc) is 2.74. The fraction of sp³-hybridized carbons (Fsp3) is 0.409. The summed E-state index contributed by atoms with van der Waals surface area (Å²) in [6.07, 6.45) is 1.21. The van der Waals surface area contributed by atoms with Crippen LogP contribution in [0.15, 0.2) is 54.6 Å². The van der Waals surface area contributed by atoms with Crippen molar-refractivity contribution < 1.29 is 14.3 Å². The number of carbonyl (C=O) groups is 1. The van der Waals surface area contributed by atoms with Crippen LogP contribution in [0.1, 0.15) is 23.6 Å². The van der Waals surface area contributed by atoms with Gasteiger partial charge >= 0.3 is 0 Å². The lowest BCUT2D eigenvalue weighted by Crippen LogP contribution is -2.43. The van der Waals surface area contributed by atoms with Crippen molar-refractivity contribution in [1.29, 1.82) is 0 Å². The zero-order valence-electron chi connectivity index (χ0n) is 15.9. The summed E-state index contributed by atoms with van der Waals surface area (Å²) >= 11 is 0. The number of methoxy groups -OCH3 is 1. The number of amides is 1. The SMILES string of the molecule is COc1ccc(CCC(=O)NCC(c2ccccc2)N2CCOCC2)cc1. The van der Waals surface area contributed by atoms with Crippen molar-refractivity contribution in [2.75, 3.05) is 40.0 Å². The first-order valence-electron chi connectivity index (χ1n) is 9.52. The second-order valence-electron chi connectivity index (χ2n) is 6.73. The maximum absolute atomic E-state index is 12.4. The van der Waals surface area contributed by atoms with E-state index < -0.39 is 0 Å². The maximum atomic E-state index is 12.4. The van der Waals surface area contributed by atoms with Gasteiger partial charge in [-0.25, -0.2) is 0 Å². The largest absolute Gasteiger partial charge is 0.497 e. The van der Waals surface area contributed by atoms with Gasteiger partial charge < -0.3 is 14.8 Å². The molecule has 0 aromatic heterocycles. The van der Waals surface area contributed by atoms with Crippen LogP contribution in [0.2, 0.25) is 0 Å². The van der Waals surface area contributed by atoms with Crippen molar-refractivity contribution in [3.8, 4) is 5.75 Å². The molecule has 27 heavy (non-hydrogen) atoms. The monoisotopic (exact) mass is 368 g/mol. The third-order valence-corrected chi connectivity index (χ3v) is 4.96. The molecule has 1 N–H and O–H groups in total. The van der Waals surface area contributed by atoms with Crippen LogP contribution >= 0.6 is 0 Å². The van der Waals surface area contributed by atoms with Crippen molar-refractivity contribution in [1.82, 2.24) is 10.2 Å². The van der Waals surface area contributed by atoms with Crippen LogP contribution in [0, 0.1) is 0 Å². The fourth-order valence-corrected chi connectivity index (χ4v) is 3.37. The Hall–Kier alpha value is -2.37. The topological polar surface area (TPSA) is 50.8 Å². The van der Waals surface area contributed by atoms with E-state index in [4.69, 9.17) is 9.47 Å². The molecule has 1 aliphatic rings. The molecule has 0 radical (unpaired) electrons. The Morgan fingerprint density at radius 2 is 1.81 bits per heavy atom. The molecule has 1 aliphatic heterocycles. The molecule has 1 saturated heterocycles. The summed E-state index contributed by atoms with van der Waals surface area (Å²) in [6, 6.07) is 18.4. The van der Waals surface area contributed by atoms with Gasteiger partial charge in [-0.3, -0.25) is 9.69 Å². The van der Waals surface area contributed by atoms with E-state index in [2.05, 4.69) is 22.3 Å². The molecule has 1 atom stereocenters. The highest BCUT2D eigenvalue weighted by Crippen LogP contribution is 2.21. The van der Waals surface area contributed by atoms with Gasteiger partial charge in [0, 0.05) is 26.1 Å². The normalized spacial score (nSPS) is 15.9. The van der Waals surface area contributed by atoms with E-state index in [9.17, 15) is 4.79 Å². The van der Waals surface area contributed by atoms with E-state index in [1.54, 1.807) is 7.11 Å². The van der Waals surface area contributed by atoms with Crippen molar-refractivity contribution >= 4 is 5.91 Å². The van der Waals surface area contributed by atoms with Crippen LogP contribution in [0.25, 0.3) is 0 Å². The summed E-state index contributed by atoms with van der Waals surface area (Å²) in [5.41, 5.74) is 2.37. The summed E-state index contributed by atoms with van der Waals surface area (Å²) in [7, 11) is 1.65. The molecule has 0 bridgehead atoms. The number of hydrogen-bond donors (Lipinski definition) is 1. The van der Waals surface area contributed by atoms with Crippen molar-refractivity contribution in [3.63, 3.8) is 0 Å². The van der Waals surface area contributed by atoms with Crippen LogP contribution in [0.4, 0.5) is 0 Å². The maximum Gasteiger partial charge on any atom is 0.220 e. The summed E-state index contributed by atoms with van der Waals surface area (Å²) in [4.78, 5) is 14.8. The Balaban J connectivity index is 1.53. The van der Waals surface area contributed by atoms with E-state index in [1.807, 2.05) is 42.5 Å². The van der Waals surface area contributed by atoms with Gasteiger partial charge in [-0.15, -0.1) is 0 Å². The van der Waals surface area contributed by atoms with Crippen molar-refractivity contribution in [2.24, 2.45) is 0 Å². The molecule has 2 aromatic carbocycles. The Morgan fingerprint density at radius 1 is 1.11 bits per heavy atom. The molecular formula is C22H28N2O3. The smallest absolute Gasteiger partial charge is 0.220 e. The second kappa shape index (κ2) is 10.1. The molecule has 5 heteroatoms. The predicted octanol–water partition coefficient (Wildman–Crippen LogP) is 2.82. The molecule has 0 spiro atoms. The first kappa shape index (κ1) is 19.4. The number of aryl methyl sites for hydroxylation is 1. The first-order chi connectivity index (χ1) is 13.3. The quantitative estimate of drug-likeness (QED) is 0.778. The Morgan fingerprint density at radius 3 is 2.48 bits per heavy atom. The lowest BCUT2D eigenvalue weighted by molar-refractivity contribution is -0.121. The Bertz CT molecular complexity index is 697. The third-order valence-electron chi connectivity index (χ3n) is 4.96. The number of benzene rings is 2. The molecule has 1 unspecified atom stereocenters. The number of nitrogens with zero attached hydrogens (tertiary/aromatic N) is 1. The van der Waals surface area contributed by atoms with Gasteiger partial charge in [0.25, 0.3) is 0 Å². The van der Waals surface area contributed by atoms with Crippen LogP contribution in [-0.4, -0.2) is 50.8 Å². The standard InChI is InChI=1S/C22H28N2O3/c1-26-20-10-7-18(8-11-20)9-12-22(25)23-17-21(19-5-3-2-4-6-19)24-13-15-27-16-14-24/h2-8,10-11,21H,9,12-17H2,1H3,(H,23,25). The number of rotatable bonds is 8. The molecule has 3 rings (SSSR count). The lowest BCUT2D eigenvalue weighted by Gasteiger charge is -2.35. The van der Waals surface area contributed by atoms with Gasteiger partial charge in [0.15, 0.2) is 0 Å². The lowest BCUT2D eigenvalue weighted by atomic mass is 10.0. The van der Waals surface area contributed by atoms with E-state index >= 15 is 0 Å². The molecular weight excluding hydrogens is 340 g/mol. The van der Waals surface area contributed by atoms with E-state index in [0.717, 1.165) is 44.0 Å². The van der Waals surface area contributed by atoms with E-state index in [1.165, 1.54) is 5.56 Å². The highest BCUT2D eigenvalue weighted by Gasteiger charge is 2.22. The van der Waals surface area contributed by atoms with Gasteiger partial charge in [-0.2, -0.15) is 0 Å². The number of hydrogen-bond acceptors (Lipinski definition) is 4. The van der Waals surface area contributed by atoms with Crippen LogP contribution < -0.4 is 10.1 Å². The Kier molecular flexibility index (Phi) is 7.25. The molecule has 2 aromatic rings. The van der Waals surface area contributed by atoms with Crippen molar-refractivity contribution in [2.45, 2.75) is 18.9 Å². The number of ether oxygens (including phenoxy) is 2. The summed E-state index contributed by atoms with van der Waals surface area (Å²) in [6.45, 7) is 3.89. The Labute approximate surface area is 161 Å². The average molecular weight is 368 g/mol. The summed E-state index contributed by atoms with van der Waals surface area (Å²) in [5, 5.41) is 3.13. The van der Waals surface area contributed by atoms with Crippen LogP contribution in [-0.2, 0) is 16.0 Å². The molecule has 0 saturated carbocycles. The van der Waals surface area contributed by atoms with Crippen molar-refractivity contribution in [3.05, 3.63) is 65.7 Å². The molecule has 1 fully saturated rings. The van der Waals surface area contributed by atoms with Crippen LogP contribution in [0.3, 0.4) is 0 Å². The predicted molar refractivity (Wildman–Crippen MR) is 106 cm³/mol. The zero-order valence-corrected chi connectivity index (χ0v) is 15.9. The molecule has 144 valence electrons. The van der Waals surface area contributed by atoms with Gasteiger partial charge in [0.1, 0.15) is 5.75 Å². The minimum absolute atomic E-state index is 0.0833. The van der Waals surface area contributed by atoms with Gasteiger partial charge in [0.05, 0.1) is 26.4 Å². The second-order valence-corrected chi connectivity index (χ2v) is 6.73. The van der Waals surface area contributed by atoms with E-state index in [-0.39, 0.29) is 11.9 Å². The van der Waals surface area contributed by atoms with Crippen LogP contribution in [0.5, 0.6) is 5.75 Å². The van der Waals surface area contributed by atoms with Gasteiger partial charge in [-0.1, -0.05) is 42.5 Å². The minimum Gasteiger partial charge on any atom is -0.497 e. The molecule has 5 nitrogen and oxygen atoms in total. The summed E-state index contributed by atoms with van der Waals surface area (Å²) < 4.78 is 10.6. The number of morpholine rings is 1. The highest BCUT2D eigenvalue weighted by atomic mass is 16.5.